The molecule has 0 radical (unpaired) electrons. The van der Waals surface area contributed by atoms with Crippen molar-refractivity contribution in [1.82, 2.24) is 9.80 Å². The maximum absolute atomic E-state index is 13.7. The minimum atomic E-state index is -0.316. The third kappa shape index (κ3) is 5.27. The first-order valence-corrected chi connectivity index (χ1v) is 9.84. The van der Waals surface area contributed by atoms with Gasteiger partial charge < -0.3 is 9.64 Å². The normalized spacial score (nSPS) is 20.2. The Labute approximate surface area is 160 Å². The first-order chi connectivity index (χ1) is 13.1. The van der Waals surface area contributed by atoms with Crippen LogP contribution in [0.25, 0.3) is 0 Å². The fraction of sp³-hybridized carbons (Fsp3) is 0.619. The molecule has 6 heteroatoms. The standard InChI is InChI=1S/C21H28FN3O2/c22-19-5-2-1-4-18(19)16-20(26)25-12-10-24(11-13-25)9-3-6-21(17-23)7-14-27-15-8-21/h1-2,4-5H,3,6-16H2. The molecule has 0 saturated carbocycles. The second-order valence-corrected chi connectivity index (χ2v) is 7.60. The Morgan fingerprint density at radius 3 is 2.56 bits per heavy atom. The smallest absolute Gasteiger partial charge is 0.227 e. The minimum absolute atomic E-state index is 0.00890. The van der Waals surface area contributed by atoms with E-state index in [0.29, 0.717) is 31.9 Å². The summed E-state index contributed by atoms with van der Waals surface area (Å²) in [5.41, 5.74) is 0.249. The highest BCUT2D eigenvalue weighted by atomic mass is 19.1. The number of ether oxygens (including phenoxy) is 1. The van der Waals surface area contributed by atoms with E-state index in [1.165, 1.54) is 6.07 Å². The van der Waals surface area contributed by atoms with Gasteiger partial charge in [-0.15, -0.1) is 0 Å². The van der Waals surface area contributed by atoms with Crippen molar-refractivity contribution in [1.29, 1.82) is 5.26 Å². The van der Waals surface area contributed by atoms with Gasteiger partial charge >= 0.3 is 0 Å². The molecule has 2 fully saturated rings. The van der Waals surface area contributed by atoms with Crippen LogP contribution >= 0.6 is 0 Å². The first kappa shape index (κ1) is 19.8. The van der Waals surface area contributed by atoms with Crippen LogP contribution in [0.2, 0.25) is 0 Å². The van der Waals surface area contributed by atoms with E-state index in [4.69, 9.17) is 4.74 Å². The van der Waals surface area contributed by atoms with Crippen LogP contribution in [-0.4, -0.2) is 61.6 Å². The van der Waals surface area contributed by atoms with Gasteiger partial charge in [-0.1, -0.05) is 18.2 Å². The Balaban J connectivity index is 1.39. The van der Waals surface area contributed by atoms with Crippen LogP contribution in [0, 0.1) is 22.6 Å². The van der Waals surface area contributed by atoms with Crippen LogP contribution in [0.15, 0.2) is 24.3 Å². The van der Waals surface area contributed by atoms with Gasteiger partial charge in [-0.2, -0.15) is 5.26 Å². The van der Waals surface area contributed by atoms with E-state index < -0.39 is 0 Å². The van der Waals surface area contributed by atoms with Gasteiger partial charge in [-0.3, -0.25) is 9.69 Å². The van der Waals surface area contributed by atoms with Crippen LogP contribution in [0.1, 0.15) is 31.2 Å². The highest BCUT2D eigenvalue weighted by molar-refractivity contribution is 5.79. The van der Waals surface area contributed by atoms with E-state index in [2.05, 4.69) is 11.0 Å². The number of rotatable bonds is 6. The predicted molar refractivity (Wildman–Crippen MR) is 100 cm³/mol. The summed E-state index contributed by atoms with van der Waals surface area (Å²) in [6, 6.07) is 8.99. The number of carbonyl (C=O) groups is 1. The Kier molecular flexibility index (Phi) is 6.81. The molecule has 0 spiro atoms. The molecule has 2 aliphatic rings. The lowest BCUT2D eigenvalue weighted by molar-refractivity contribution is -0.132. The molecule has 2 heterocycles. The lowest BCUT2D eigenvalue weighted by Crippen LogP contribution is -2.49. The van der Waals surface area contributed by atoms with Gasteiger partial charge in [0.05, 0.1) is 17.9 Å². The molecule has 146 valence electrons. The molecule has 2 aliphatic heterocycles. The molecule has 0 unspecified atom stereocenters. The number of nitriles is 1. The zero-order chi connectivity index (χ0) is 19.1. The number of amides is 1. The summed E-state index contributed by atoms with van der Waals surface area (Å²) in [6.45, 7) is 5.39. The molecule has 3 rings (SSSR count). The summed E-state index contributed by atoms with van der Waals surface area (Å²) >= 11 is 0. The molecule has 1 aromatic carbocycles. The fourth-order valence-electron chi connectivity index (χ4n) is 3.96. The van der Waals surface area contributed by atoms with E-state index in [0.717, 1.165) is 45.3 Å². The summed E-state index contributed by atoms with van der Waals surface area (Å²) in [4.78, 5) is 16.6. The van der Waals surface area contributed by atoms with Gasteiger partial charge in [0.2, 0.25) is 5.91 Å². The molecule has 27 heavy (non-hydrogen) atoms. The van der Waals surface area contributed by atoms with E-state index in [-0.39, 0.29) is 23.6 Å². The Morgan fingerprint density at radius 2 is 1.89 bits per heavy atom. The second kappa shape index (κ2) is 9.29. The van der Waals surface area contributed by atoms with Crippen LogP contribution in [0.4, 0.5) is 4.39 Å². The van der Waals surface area contributed by atoms with Crippen molar-refractivity contribution in [2.45, 2.75) is 32.1 Å². The fourth-order valence-corrected chi connectivity index (χ4v) is 3.96. The summed E-state index contributed by atoms with van der Waals surface area (Å²) in [6.07, 6.45) is 3.71. The lowest BCUT2D eigenvalue weighted by atomic mass is 9.78. The Bertz CT molecular complexity index is 674. The monoisotopic (exact) mass is 373 g/mol. The summed E-state index contributed by atoms with van der Waals surface area (Å²) < 4.78 is 19.1. The predicted octanol–water partition coefficient (Wildman–Crippen LogP) is 2.61. The summed E-state index contributed by atoms with van der Waals surface area (Å²) in [7, 11) is 0. The topological polar surface area (TPSA) is 56.6 Å². The van der Waals surface area contributed by atoms with Gasteiger partial charge in [0.15, 0.2) is 0 Å². The van der Waals surface area contributed by atoms with Crippen molar-refractivity contribution in [3.8, 4) is 6.07 Å². The van der Waals surface area contributed by atoms with E-state index >= 15 is 0 Å². The number of carbonyl (C=O) groups excluding carboxylic acids is 1. The van der Waals surface area contributed by atoms with Gasteiger partial charge in [-0.05, 0) is 43.9 Å². The van der Waals surface area contributed by atoms with E-state index in [9.17, 15) is 14.4 Å². The van der Waals surface area contributed by atoms with E-state index in [1.54, 1.807) is 18.2 Å². The van der Waals surface area contributed by atoms with Crippen molar-refractivity contribution < 1.29 is 13.9 Å². The van der Waals surface area contributed by atoms with Gasteiger partial charge in [0, 0.05) is 39.4 Å². The van der Waals surface area contributed by atoms with Gasteiger partial charge in [0.1, 0.15) is 5.82 Å². The first-order valence-electron chi connectivity index (χ1n) is 9.84. The van der Waals surface area contributed by atoms with Crippen molar-refractivity contribution in [2.24, 2.45) is 5.41 Å². The van der Waals surface area contributed by atoms with Gasteiger partial charge in [0.25, 0.3) is 0 Å². The Hall–Kier alpha value is -1.97. The van der Waals surface area contributed by atoms with Crippen molar-refractivity contribution in [2.75, 3.05) is 45.9 Å². The molecule has 1 aromatic rings. The highest BCUT2D eigenvalue weighted by Gasteiger charge is 2.32. The molecule has 2 saturated heterocycles. The van der Waals surface area contributed by atoms with Gasteiger partial charge in [-0.25, -0.2) is 4.39 Å². The molecule has 0 bridgehead atoms. The number of nitrogens with zero attached hydrogens (tertiary/aromatic N) is 3. The third-order valence-electron chi connectivity index (χ3n) is 5.84. The summed E-state index contributed by atoms with van der Waals surface area (Å²) in [5, 5.41) is 9.52. The quantitative estimate of drug-likeness (QED) is 0.769. The van der Waals surface area contributed by atoms with E-state index in [1.807, 2.05) is 4.90 Å². The molecular formula is C21H28FN3O2. The van der Waals surface area contributed by atoms with Crippen LogP contribution in [-0.2, 0) is 16.0 Å². The average Bonchev–Trinajstić information content (AvgIpc) is 2.71. The number of piperazine rings is 1. The SMILES string of the molecule is N#CC1(CCCN2CCN(C(=O)Cc3ccccc3F)CC2)CCOCC1. The van der Waals surface area contributed by atoms with Crippen LogP contribution < -0.4 is 0 Å². The summed E-state index contributed by atoms with van der Waals surface area (Å²) in [5.74, 6) is -0.325. The molecular weight excluding hydrogens is 345 g/mol. The van der Waals surface area contributed by atoms with Crippen molar-refractivity contribution in [3.05, 3.63) is 35.6 Å². The maximum atomic E-state index is 13.7. The number of hydrogen-bond donors (Lipinski definition) is 0. The minimum Gasteiger partial charge on any atom is -0.381 e. The largest absolute Gasteiger partial charge is 0.381 e. The molecule has 1 amide bonds. The number of hydrogen-bond acceptors (Lipinski definition) is 4. The zero-order valence-electron chi connectivity index (χ0n) is 15.8. The molecule has 0 N–H and O–H groups in total. The van der Waals surface area contributed by atoms with Crippen molar-refractivity contribution in [3.63, 3.8) is 0 Å². The number of benzene rings is 1. The Morgan fingerprint density at radius 1 is 1.19 bits per heavy atom. The third-order valence-corrected chi connectivity index (χ3v) is 5.84. The molecule has 0 aliphatic carbocycles. The molecule has 0 aromatic heterocycles. The zero-order valence-corrected chi connectivity index (χ0v) is 15.8. The van der Waals surface area contributed by atoms with Crippen LogP contribution in [0.5, 0.6) is 0 Å². The second-order valence-electron chi connectivity index (χ2n) is 7.60. The average molecular weight is 373 g/mol. The van der Waals surface area contributed by atoms with Crippen LogP contribution in [0.3, 0.4) is 0 Å². The lowest BCUT2D eigenvalue weighted by Gasteiger charge is -2.36. The molecule has 0 atom stereocenters. The highest BCUT2D eigenvalue weighted by Crippen LogP contribution is 2.34. The van der Waals surface area contributed by atoms with Crippen molar-refractivity contribution >= 4 is 5.91 Å². The maximum Gasteiger partial charge on any atom is 0.227 e. The molecule has 5 nitrogen and oxygen atoms in total. The number of halogens is 1.